The number of alkyl halides is 3. The number of rotatable bonds is 4. The Bertz CT molecular complexity index is 1190. The van der Waals surface area contributed by atoms with Crippen molar-refractivity contribution >= 4 is 23.4 Å². The molecule has 1 saturated carbocycles. The minimum Gasteiger partial charge on any atom is -0.384 e. The predicted molar refractivity (Wildman–Crippen MR) is 120 cm³/mol. The minimum atomic E-state index is -4.63. The first kappa shape index (κ1) is 22.5. The highest BCUT2D eigenvalue weighted by Crippen LogP contribution is 2.39. The maximum Gasteiger partial charge on any atom is 0.416 e. The van der Waals surface area contributed by atoms with Crippen LogP contribution in [0.15, 0.2) is 36.5 Å². The van der Waals surface area contributed by atoms with E-state index < -0.39 is 11.7 Å². The molecular weight excluding hydrogens is 433 g/mol. The number of anilines is 3. The normalized spacial score (nSPS) is 14.4. The lowest BCUT2D eigenvalue weighted by Gasteiger charge is -2.17. The molecule has 4 rings (SSSR count). The first-order valence-corrected chi connectivity index (χ1v) is 10.5. The van der Waals surface area contributed by atoms with Gasteiger partial charge < -0.3 is 16.8 Å². The van der Waals surface area contributed by atoms with E-state index in [0.717, 1.165) is 37.8 Å². The van der Waals surface area contributed by atoms with Crippen molar-refractivity contribution in [2.24, 2.45) is 5.92 Å². The van der Waals surface area contributed by atoms with Gasteiger partial charge in [0.15, 0.2) is 0 Å². The fourth-order valence-electron chi connectivity index (χ4n) is 4.13. The average Bonchev–Trinajstić information content (AvgIpc) is 3.28. The van der Waals surface area contributed by atoms with E-state index in [1.54, 1.807) is 19.1 Å². The molecule has 2 aromatic heterocycles. The van der Waals surface area contributed by atoms with E-state index in [4.69, 9.17) is 11.5 Å². The van der Waals surface area contributed by atoms with Crippen LogP contribution >= 0.6 is 0 Å². The van der Waals surface area contributed by atoms with Gasteiger partial charge >= 0.3 is 6.18 Å². The summed E-state index contributed by atoms with van der Waals surface area (Å²) in [4.78, 5) is 25.1. The lowest BCUT2D eigenvalue weighted by atomic mass is 9.97. The Balaban J connectivity index is 1.86. The first-order chi connectivity index (χ1) is 15.6. The zero-order chi connectivity index (χ0) is 23.8. The molecule has 1 aliphatic rings. The molecular formula is C23H23F3N6O. The van der Waals surface area contributed by atoms with Crippen LogP contribution in [0.2, 0.25) is 0 Å². The summed E-state index contributed by atoms with van der Waals surface area (Å²) in [6, 6.07) is 6.65. The summed E-state index contributed by atoms with van der Waals surface area (Å²) in [5.41, 5.74) is 12.5. The van der Waals surface area contributed by atoms with Crippen molar-refractivity contribution < 1.29 is 18.0 Å². The molecule has 0 spiro atoms. The minimum absolute atomic E-state index is 0.0490. The molecule has 2 heterocycles. The van der Waals surface area contributed by atoms with Crippen LogP contribution in [0.3, 0.4) is 0 Å². The van der Waals surface area contributed by atoms with Gasteiger partial charge in [0.2, 0.25) is 11.9 Å². The number of amides is 1. The highest BCUT2D eigenvalue weighted by Gasteiger charge is 2.32. The molecule has 33 heavy (non-hydrogen) atoms. The van der Waals surface area contributed by atoms with Gasteiger partial charge in [-0.25, -0.2) is 15.0 Å². The molecule has 0 radical (unpaired) electrons. The monoisotopic (exact) mass is 456 g/mol. The smallest absolute Gasteiger partial charge is 0.384 e. The molecule has 172 valence electrons. The Hall–Kier alpha value is -3.69. The van der Waals surface area contributed by atoms with Crippen LogP contribution in [-0.2, 0) is 11.0 Å². The Morgan fingerprint density at radius 2 is 1.79 bits per heavy atom. The van der Waals surface area contributed by atoms with Crippen LogP contribution in [0.4, 0.5) is 30.6 Å². The summed E-state index contributed by atoms with van der Waals surface area (Å²) in [7, 11) is 0. The number of aryl methyl sites for hydroxylation is 1. The van der Waals surface area contributed by atoms with E-state index in [9.17, 15) is 18.0 Å². The Labute approximate surface area is 188 Å². The molecule has 0 aliphatic heterocycles. The maximum atomic E-state index is 13.7. The summed E-state index contributed by atoms with van der Waals surface area (Å²) in [5, 5.41) is 2.66. The lowest BCUT2D eigenvalue weighted by molar-refractivity contribution is -0.137. The molecule has 1 fully saturated rings. The third kappa shape index (κ3) is 4.89. The molecule has 1 aromatic carbocycles. The number of hydrogen-bond donors (Lipinski definition) is 3. The number of nitrogens with zero attached hydrogens (tertiary/aromatic N) is 3. The summed E-state index contributed by atoms with van der Waals surface area (Å²) in [6.07, 6.45) is 0.201. The third-order valence-corrected chi connectivity index (χ3v) is 5.71. The van der Waals surface area contributed by atoms with Gasteiger partial charge in [-0.2, -0.15) is 13.2 Å². The van der Waals surface area contributed by atoms with Crippen molar-refractivity contribution in [3.05, 3.63) is 47.8 Å². The van der Waals surface area contributed by atoms with Gasteiger partial charge in [-0.05, 0) is 50.1 Å². The molecule has 0 atom stereocenters. The summed E-state index contributed by atoms with van der Waals surface area (Å²) >= 11 is 0. The molecule has 10 heteroatoms. The van der Waals surface area contributed by atoms with E-state index in [1.807, 2.05) is 0 Å². The number of nitrogens with one attached hydrogen (secondary N) is 1. The van der Waals surface area contributed by atoms with Crippen molar-refractivity contribution in [2.45, 2.75) is 38.8 Å². The van der Waals surface area contributed by atoms with Gasteiger partial charge in [0, 0.05) is 34.5 Å². The number of pyridine rings is 1. The van der Waals surface area contributed by atoms with Crippen molar-refractivity contribution in [3.8, 4) is 22.4 Å². The Kier molecular flexibility index (Phi) is 5.92. The SMILES string of the molecule is Cc1nc(N)nc(-c2cc(NC(=O)C3CCCC3)cc(C(F)(F)F)c2)c1-c1ccc(N)nc1. The van der Waals surface area contributed by atoms with Crippen LogP contribution in [0.25, 0.3) is 22.4 Å². The van der Waals surface area contributed by atoms with Gasteiger partial charge in [0.25, 0.3) is 0 Å². The van der Waals surface area contributed by atoms with E-state index in [1.165, 1.54) is 12.3 Å². The second-order valence-electron chi connectivity index (χ2n) is 8.13. The highest BCUT2D eigenvalue weighted by atomic mass is 19.4. The second-order valence-corrected chi connectivity index (χ2v) is 8.13. The number of carbonyl (C=O) groups is 1. The van der Waals surface area contributed by atoms with Crippen molar-refractivity contribution in [3.63, 3.8) is 0 Å². The molecule has 3 aromatic rings. The largest absolute Gasteiger partial charge is 0.416 e. The fraction of sp³-hybridized carbons (Fsp3) is 0.304. The number of halogens is 3. The lowest BCUT2D eigenvalue weighted by Crippen LogP contribution is -2.20. The Morgan fingerprint density at radius 1 is 1.06 bits per heavy atom. The predicted octanol–water partition coefficient (Wildman–Crippen LogP) is 4.83. The van der Waals surface area contributed by atoms with Gasteiger partial charge in [-0.1, -0.05) is 12.8 Å². The quantitative estimate of drug-likeness (QED) is 0.517. The van der Waals surface area contributed by atoms with Gasteiger partial charge in [-0.15, -0.1) is 0 Å². The average molecular weight is 456 g/mol. The fourth-order valence-corrected chi connectivity index (χ4v) is 4.13. The van der Waals surface area contributed by atoms with Crippen LogP contribution in [-0.4, -0.2) is 20.9 Å². The number of benzene rings is 1. The van der Waals surface area contributed by atoms with E-state index >= 15 is 0 Å². The van der Waals surface area contributed by atoms with Crippen molar-refractivity contribution in [1.29, 1.82) is 0 Å². The van der Waals surface area contributed by atoms with Crippen molar-refractivity contribution in [2.75, 3.05) is 16.8 Å². The molecule has 1 aliphatic carbocycles. The number of hydrogen-bond acceptors (Lipinski definition) is 6. The number of aromatic nitrogens is 3. The molecule has 0 bridgehead atoms. The van der Waals surface area contributed by atoms with Crippen LogP contribution in [0.5, 0.6) is 0 Å². The van der Waals surface area contributed by atoms with Gasteiger partial charge in [0.1, 0.15) is 5.82 Å². The summed E-state index contributed by atoms with van der Waals surface area (Å²) in [5.74, 6) is -0.260. The van der Waals surface area contributed by atoms with Crippen LogP contribution in [0.1, 0.15) is 36.9 Å². The standard InChI is InChI=1S/C23H23F3N6O/c1-12-19(14-6-7-18(27)29-11-14)20(32-22(28)30-12)15-8-16(23(24,25)26)10-17(9-15)31-21(33)13-4-2-3-5-13/h6-11,13H,2-5H2,1H3,(H2,27,29)(H,31,33)(H2,28,30,32). The van der Waals surface area contributed by atoms with Crippen molar-refractivity contribution in [1.82, 2.24) is 15.0 Å². The zero-order valence-electron chi connectivity index (χ0n) is 17.9. The van der Waals surface area contributed by atoms with Crippen LogP contribution in [0, 0.1) is 12.8 Å². The molecule has 7 nitrogen and oxygen atoms in total. The third-order valence-electron chi connectivity index (χ3n) is 5.71. The molecule has 0 unspecified atom stereocenters. The number of nitrogens with two attached hydrogens (primary N) is 2. The zero-order valence-corrected chi connectivity index (χ0v) is 17.9. The molecule has 1 amide bonds. The second kappa shape index (κ2) is 8.68. The summed E-state index contributed by atoms with van der Waals surface area (Å²) in [6.45, 7) is 1.68. The maximum absolute atomic E-state index is 13.7. The van der Waals surface area contributed by atoms with E-state index in [-0.39, 0.29) is 34.7 Å². The van der Waals surface area contributed by atoms with Gasteiger partial charge in [0.05, 0.1) is 17.0 Å². The van der Waals surface area contributed by atoms with Gasteiger partial charge in [-0.3, -0.25) is 4.79 Å². The number of nitrogen functional groups attached to an aromatic ring is 2. The number of carbonyl (C=O) groups excluding carboxylic acids is 1. The first-order valence-electron chi connectivity index (χ1n) is 10.5. The Morgan fingerprint density at radius 3 is 2.42 bits per heavy atom. The topological polar surface area (TPSA) is 120 Å². The van der Waals surface area contributed by atoms with Crippen LogP contribution < -0.4 is 16.8 Å². The van der Waals surface area contributed by atoms with E-state index in [2.05, 4.69) is 20.3 Å². The molecule has 0 saturated heterocycles. The molecule has 5 N–H and O–H groups in total. The highest BCUT2D eigenvalue weighted by molar-refractivity contribution is 5.94. The van der Waals surface area contributed by atoms with E-state index in [0.29, 0.717) is 22.6 Å². The summed E-state index contributed by atoms with van der Waals surface area (Å²) < 4.78 is 41.2.